The van der Waals surface area contributed by atoms with Crippen molar-refractivity contribution < 1.29 is 14.0 Å². The lowest BCUT2D eigenvalue weighted by Crippen LogP contribution is -2.50. The zero-order valence-corrected chi connectivity index (χ0v) is 11.3. The third-order valence-electron chi connectivity index (χ3n) is 3.39. The first-order valence-electron chi connectivity index (χ1n) is 6.63. The van der Waals surface area contributed by atoms with E-state index >= 15 is 0 Å². The van der Waals surface area contributed by atoms with E-state index in [9.17, 15) is 9.59 Å². The summed E-state index contributed by atoms with van der Waals surface area (Å²) >= 11 is 0. The first-order valence-corrected chi connectivity index (χ1v) is 6.63. The van der Waals surface area contributed by atoms with E-state index in [1.54, 1.807) is 21.9 Å². The Morgan fingerprint density at radius 2 is 1.62 bits per heavy atom. The molecule has 1 aliphatic heterocycles. The van der Waals surface area contributed by atoms with E-state index in [-0.39, 0.29) is 11.8 Å². The fourth-order valence-electron chi connectivity index (χ4n) is 2.26. The van der Waals surface area contributed by atoms with Gasteiger partial charge in [-0.2, -0.15) is 0 Å². The number of piperazine rings is 1. The van der Waals surface area contributed by atoms with Crippen molar-refractivity contribution in [2.75, 3.05) is 26.2 Å². The molecule has 0 saturated carbocycles. The number of aromatic nitrogens is 2. The van der Waals surface area contributed by atoms with Crippen LogP contribution in [0, 0.1) is 0 Å². The Labute approximate surface area is 121 Å². The summed E-state index contributed by atoms with van der Waals surface area (Å²) in [5.74, 6) is 0.0714. The van der Waals surface area contributed by atoms with Crippen molar-refractivity contribution in [2.24, 2.45) is 0 Å². The summed E-state index contributed by atoms with van der Waals surface area (Å²) in [6.07, 6.45) is 5.85. The molecule has 0 radical (unpaired) electrons. The predicted molar refractivity (Wildman–Crippen MR) is 72.5 cm³/mol. The molecule has 2 aromatic heterocycles. The first-order chi connectivity index (χ1) is 10.3. The molecule has 2 aromatic rings. The van der Waals surface area contributed by atoms with Crippen LogP contribution >= 0.6 is 0 Å². The lowest BCUT2D eigenvalue weighted by molar-refractivity contribution is 0.0517. The number of carbonyl (C=O) groups excluding carboxylic acids is 2. The van der Waals surface area contributed by atoms with Crippen LogP contribution in [0.5, 0.6) is 0 Å². The highest BCUT2D eigenvalue weighted by molar-refractivity contribution is 5.94. The van der Waals surface area contributed by atoms with Crippen LogP contribution in [0.4, 0.5) is 0 Å². The lowest BCUT2D eigenvalue weighted by Gasteiger charge is -2.34. The van der Waals surface area contributed by atoms with Gasteiger partial charge in [-0.05, 0) is 12.1 Å². The van der Waals surface area contributed by atoms with Crippen LogP contribution in [0.3, 0.4) is 0 Å². The number of carbonyl (C=O) groups is 2. The van der Waals surface area contributed by atoms with Gasteiger partial charge in [0.05, 0.1) is 11.8 Å². The first kappa shape index (κ1) is 13.3. The average Bonchev–Trinajstić information content (AvgIpc) is 3.09. The smallest absolute Gasteiger partial charge is 0.289 e. The summed E-state index contributed by atoms with van der Waals surface area (Å²) in [5, 5.41) is 0. The van der Waals surface area contributed by atoms with Crippen molar-refractivity contribution in [1.29, 1.82) is 0 Å². The molecule has 0 atom stereocenters. The van der Waals surface area contributed by atoms with Crippen LogP contribution in [0.25, 0.3) is 0 Å². The fraction of sp³-hybridized carbons (Fsp3) is 0.286. The molecule has 0 aromatic carbocycles. The minimum atomic E-state index is -0.143. The Bertz CT molecular complexity index is 619. The van der Waals surface area contributed by atoms with Crippen LogP contribution in [0.1, 0.15) is 20.9 Å². The topological polar surface area (TPSA) is 79.5 Å². The van der Waals surface area contributed by atoms with E-state index in [1.165, 1.54) is 25.0 Å². The minimum Gasteiger partial charge on any atom is -0.459 e. The number of hydrogen-bond donors (Lipinski definition) is 0. The normalized spacial score (nSPS) is 15.0. The molecule has 0 bridgehead atoms. The van der Waals surface area contributed by atoms with E-state index in [1.807, 2.05) is 0 Å². The maximum Gasteiger partial charge on any atom is 0.289 e. The molecule has 3 heterocycles. The molecule has 0 unspecified atom stereocenters. The van der Waals surface area contributed by atoms with E-state index in [0.717, 1.165) is 0 Å². The molecule has 1 fully saturated rings. The molecule has 0 aliphatic carbocycles. The maximum absolute atomic E-state index is 12.2. The Morgan fingerprint density at radius 3 is 2.19 bits per heavy atom. The highest BCUT2D eigenvalue weighted by Gasteiger charge is 2.26. The largest absolute Gasteiger partial charge is 0.459 e. The van der Waals surface area contributed by atoms with Crippen molar-refractivity contribution in [3.63, 3.8) is 0 Å². The van der Waals surface area contributed by atoms with Crippen LogP contribution in [-0.2, 0) is 0 Å². The average molecular weight is 286 g/mol. The van der Waals surface area contributed by atoms with Gasteiger partial charge in [0, 0.05) is 38.6 Å². The highest BCUT2D eigenvalue weighted by atomic mass is 16.3. The van der Waals surface area contributed by atoms with Gasteiger partial charge in [0.25, 0.3) is 11.8 Å². The summed E-state index contributed by atoms with van der Waals surface area (Å²) in [5.41, 5.74) is 0.461. The van der Waals surface area contributed by atoms with Gasteiger partial charge in [-0.1, -0.05) is 0 Å². The third kappa shape index (κ3) is 2.76. The number of furan rings is 1. The SMILES string of the molecule is O=C(c1cncnc1)N1CCN(C(=O)c2ccco2)CC1. The quantitative estimate of drug-likeness (QED) is 0.810. The molecular weight excluding hydrogens is 272 g/mol. The predicted octanol–water partition coefficient (Wildman–Crippen LogP) is 0.668. The number of rotatable bonds is 2. The molecule has 1 saturated heterocycles. The number of nitrogens with zero attached hydrogens (tertiary/aromatic N) is 4. The van der Waals surface area contributed by atoms with Gasteiger partial charge in [0.1, 0.15) is 6.33 Å². The third-order valence-corrected chi connectivity index (χ3v) is 3.39. The molecule has 3 rings (SSSR count). The second-order valence-electron chi connectivity index (χ2n) is 4.69. The summed E-state index contributed by atoms with van der Waals surface area (Å²) in [6.45, 7) is 1.94. The molecule has 0 spiro atoms. The Balaban J connectivity index is 1.60. The second kappa shape index (κ2) is 5.74. The zero-order chi connectivity index (χ0) is 14.7. The van der Waals surface area contributed by atoms with E-state index in [0.29, 0.717) is 37.5 Å². The molecule has 21 heavy (non-hydrogen) atoms. The van der Waals surface area contributed by atoms with Crippen molar-refractivity contribution in [3.05, 3.63) is 48.4 Å². The monoisotopic (exact) mass is 286 g/mol. The lowest BCUT2D eigenvalue weighted by atomic mass is 10.2. The van der Waals surface area contributed by atoms with Crippen LogP contribution in [0.15, 0.2) is 41.5 Å². The van der Waals surface area contributed by atoms with Crippen molar-refractivity contribution in [3.8, 4) is 0 Å². The van der Waals surface area contributed by atoms with Crippen LogP contribution < -0.4 is 0 Å². The van der Waals surface area contributed by atoms with E-state index < -0.39 is 0 Å². The maximum atomic E-state index is 12.2. The molecule has 108 valence electrons. The van der Waals surface area contributed by atoms with Gasteiger partial charge in [-0.25, -0.2) is 9.97 Å². The standard InChI is InChI=1S/C14H14N4O3/c19-13(11-8-15-10-16-9-11)17-3-5-18(6-4-17)14(20)12-2-1-7-21-12/h1-2,7-10H,3-6H2. The Morgan fingerprint density at radius 1 is 1.00 bits per heavy atom. The van der Waals surface area contributed by atoms with Crippen molar-refractivity contribution in [2.45, 2.75) is 0 Å². The van der Waals surface area contributed by atoms with Crippen molar-refractivity contribution in [1.82, 2.24) is 19.8 Å². The van der Waals surface area contributed by atoms with Gasteiger partial charge in [0.2, 0.25) is 0 Å². The molecule has 1 aliphatic rings. The number of hydrogen-bond acceptors (Lipinski definition) is 5. The van der Waals surface area contributed by atoms with E-state index in [4.69, 9.17) is 4.42 Å². The van der Waals surface area contributed by atoms with Gasteiger partial charge in [-0.15, -0.1) is 0 Å². The summed E-state index contributed by atoms with van der Waals surface area (Å²) in [7, 11) is 0. The zero-order valence-electron chi connectivity index (χ0n) is 11.3. The Hall–Kier alpha value is -2.70. The second-order valence-corrected chi connectivity index (χ2v) is 4.69. The fourth-order valence-corrected chi connectivity index (χ4v) is 2.26. The van der Waals surface area contributed by atoms with Gasteiger partial charge < -0.3 is 14.2 Å². The minimum absolute atomic E-state index is 0.110. The summed E-state index contributed by atoms with van der Waals surface area (Å²) in [6, 6.07) is 3.32. The van der Waals surface area contributed by atoms with Crippen LogP contribution in [-0.4, -0.2) is 57.8 Å². The highest BCUT2D eigenvalue weighted by Crippen LogP contribution is 2.11. The molecule has 7 heteroatoms. The Kier molecular flexibility index (Phi) is 3.63. The molecule has 0 N–H and O–H groups in total. The number of amides is 2. The summed E-state index contributed by atoms with van der Waals surface area (Å²) in [4.78, 5) is 35.4. The van der Waals surface area contributed by atoms with Gasteiger partial charge in [-0.3, -0.25) is 9.59 Å². The molecular formula is C14H14N4O3. The van der Waals surface area contributed by atoms with Gasteiger partial charge in [0.15, 0.2) is 5.76 Å². The van der Waals surface area contributed by atoms with Crippen LogP contribution in [0.2, 0.25) is 0 Å². The summed E-state index contributed by atoms with van der Waals surface area (Å²) < 4.78 is 5.10. The van der Waals surface area contributed by atoms with E-state index in [2.05, 4.69) is 9.97 Å². The van der Waals surface area contributed by atoms with Gasteiger partial charge >= 0.3 is 0 Å². The van der Waals surface area contributed by atoms with Crippen molar-refractivity contribution >= 4 is 11.8 Å². The molecule has 2 amide bonds. The molecule has 7 nitrogen and oxygen atoms in total.